The summed E-state index contributed by atoms with van der Waals surface area (Å²) in [5.74, 6) is 0.000671. The van der Waals surface area contributed by atoms with Gasteiger partial charge >= 0.3 is 6.18 Å². The number of hydrogen-bond donors (Lipinski definition) is 2. The Morgan fingerprint density at radius 2 is 1.56 bits per heavy atom. The van der Waals surface area contributed by atoms with Gasteiger partial charge in [-0.2, -0.15) is 13.2 Å². The molecule has 0 aliphatic rings. The maximum atomic E-state index is 12.6. The van der Waals surface area contributed by atoms with Gasteiger partial charge in [0.15, 0.2) is 0 Å². The van der Waals surface area contributed by atoms with Gasteiger partial charge in [-0.05, 0) is 48.7 Å². The predicted molar refractivity (Wildman–Crippen MR) is 101 cm³/mol. The van der Waals surface area contributed by atoms with Crippen molar-refractivity contribution in [3.63, 3.8) is 0 Å². The molecule has 2 rings (SSSR count). The molecule has 0 heterocycles. The average molecular weight is 378 g/mol. The van der Waals surface area contributed by atoms with E-state index in [1.165, 1.54) is 12.1 Å². The molecule has 0 spiro atoms. The van der Waals surface area contributed by atoms with Crippen LogP contribution in [0, 0.1) is 0 Å². The molecule has 2 aromatic rings. The Balaban J connectivity index is 1.91. The third-order valence-electron chi connectivity index (χ3n) is 4.45. The number of rotatable bonds is 8. The number of halogens is 3. The van der Waals surface area contributed by atoms with Crippen LogP contribution in [0.25, 0.3) is 11.1 Å². The zero-order chi connectivity index (χ0) is 19.9. The Bertz CT molecular complexity index is 725. The highest BCUT2D eigenvalue weighted by atomic mass is 19.4. The van der Waals surface area contributed by atoms with E-state index >= 15 is 0 Å². The second-order valence-electron chi connectivity index (χ2n) is 6.44. The number of amides is 1. The fraction of sp³-hybridized carbons (Fsp3) is 0.381. The highest BCUT2D eigenvalue weighted by Crippen LogP contribution is 2.31. The molecule has 6 heteroatoms. The van der Waals surface area contributed by atoms with E-state index in [9.17, 15) is 18.0 Å². The topological polar surface area (TPSA) is 41.1 Å². The molecule has 1 amide bonds. The standard InChI is InChI=1S/C21H25F3N2O/c1-3-4-19(25-2)20(27)26-14-13-15-5-7-16(8-6-15)17-9-11-18(12-10-17)21(22,23)24/h5-12,19,25H,3-4,13-14H2,1-2H3,(H,26,27). The first-order valence-electron chi connectivity index (χ1n) is 9.06. The molecule has 27 heavy (non-hydrogen) atoms. The van der Waals surface area contributed by atoms with Crippen molar-refractivity contribution in [2.75, 3.05) is 13.6 Å². The Morgan fingerprint density at radius 3 is 2.04 bits per heavy atom. The number of alkyl halides is 3. The Labute approximate surface area is 158 Å². The number of carbonyl (C=O) groups excluding carboxylic acids is 1. The molecular weight excluding hydrogens is 353 g/mol. The van der Waals surface area contributed by atoms with Crippen LogP contribution in [0.3, 0.4) is 0 Å². The summed E-state index contributed by atoms with van der Waals surface area (Å²) >= 11 is 0. The van der Waals surface area contributed by atoms with Crippen molar-refractivity contribution in [3.8, 4) is 11.1 Å². The van der Waals surface area contributed by atoms with Gasteiger partial charge in [-0.15, -0.1) is 0 Å². The van der Waals surface area contributed by atoms with Crippen LogP contribution in [0.1, 0.15) is 30.9 Å². The van der Waals surface area contributed by atoms with E-state index in [1.807, 2.05) is 31.2 Å². The van der Waals surface area contributed by atoms with Crippen molar-refractivity contribution in [1.82, 2.24) is 10.6 Å². The minimum absolute atomic E-state index is 0.000671. The lowest BCUT2D eigenvalue weighted by atomic mass is 10.0. The van der Waals surface area contributed by atoms with Gasteiger partial charge < -0.3 is 10.6 Å². The lowest BCUT2D eigenvalue weighted by Gasteiger charge is -2.15. The van der Waals surface area contributed by atoms with Crippen molar-refractivity contribution in [3.05, 3.63) is 59.7 Å². The van der Waals surface area contributed by atoms with Gasteiger partial charge in [-0.25, -0.2) is 0 Å². The van der Waals surface area contributed by atoms with Crippen LogP contribution in [0.2, 0.25) is 0 Å². The highest BCUT2D eigenvalue weighted by Gasteiger charge is 2.29. The molecule has 0 fully saturated rings. The molecule has 1 unspecified atom stereocenters. The number of nitrogens with one attached hydrogen (secondary N) is 2. The molecule has 0 radical (unpaired) electrons. The summed E-state index contributed by atoms with van der Waals surface area (Å²) in [5.41, 5.74) is 2.00. The largest absolute Gasteiger partial charge is 0.416 e. The molecule has 0 saturated heterocycles. The normalized spacial score (nSPS) is 12.6. The van der Waals surface area contributed by atoms with E-state index in [0.29, 0.717) is 13.0 Å². The van der Waals surface area contributed by atoms with E-state index in [4.69, 9.17) is 0 Å². The van der Waals surface area contributed by atoms with Crippen LogP contribution in [-0.2, 0) is 17.4 Å². The summed E-state index contributed by atoms with van der Waals surface area (Å²) in [7, 11) is 1.78. The van der Waals surface area contributed by atoms with Gasteiger partial charge in [0.05, 0.1) is 11.6 Å². The van der Waals surface area contributed by atoms with Crippen molar-refractivity contribution >= 4 is 5.91 Å². The molecule has 3 nitrogen and oxygen atoms in total. The summed E-state index contributed by atoms with van der Waals surface area (Å²) in [4.78, 5) is 12.0. The van der Waals surface area contributed by atoms with E-state index in [1.54, 1.807) is 7.05 Å². The molecule has 2 N–H and O–H groups in total. The minimum atomic E-state index is -4.32. The van der Waals surface area contributed by atoms with Crippen LogP contribution < -0.4 is 10.6 Å². The maximum Gasteiger partial charge on any atom is 0.416 e. The molecule has 0 aromatic heterocycles. The Hall–Kier alpha value is -2.34. The first-order valence-corrected chi connectivity index (χ1v) is 9.06. The first kappa shape index (κ1) is 21.0. The molecular formula is C21H25F3N2O. The molecule has 0 aliphatic carbocycles. The van der Waals surface area contributed by atoms with E-state index in [-0.39, 0.29) is 11.9 Å². The number of benzene rings is 2. The molecule has 0 bridgehead atoms. The summed E-state index contributed by atoms with van der Waals surface area (Å²) in [6.07, 6.45) is -1.90. The second kappa shape index (κ2) is 9.55. The van der Waals surface area contributed by atoms with Crippen LogP contribution >= 0.6 is 0 Å². The summed E-state index contributed by atoms with van der Waals surface area (Å²) in [5, 5.41) is 5.93. The zero-order valence-corrected chi connectivity index (χ0v) is 15.6. The third kappa shape index (κ3) is 6.10. The quantitative estimate of drug-likeness (QED) is 0.714. The Kier molecular flexibility index (Phi) is 7.42. The van der Waals surface area contributed by atoms with E-state index < -0.39 is 11.7 Å². The molecule has 0 saturated carbocycles. The second-order valence-corrected chi connectivity index (χ2v) is 6.44. The molecule has 0 aliphatic heterocycles. The highest BCUT2D eigenvalue weighted by molar-refractivity contribution is 5.81. The minimum Gasteiger partial charge on any atom is -0.354 e. The van der Waals surface area contributed by atoms with Gasteiger partial charge in [0, 0.05) is 6.54 Å². The van der Waals surface area contributed by atoms with Gasteiger partial charge in [0.25, 0.3) is 0 Å². The third-order valence-corrected chi connectivity index (χ3v) is 4.45. The van der Waals surface area contributed by atoms with Crippen LogP contribution in [0.5, 0.6) is 0 Å². The summed E-state index contributed by atoms with van der Waals surface area (Å²) in [6, 6.07) is 12.6. The van der Waals surface area contributed by atoms with E-state index in [0.717, 1.165) is 41.7 Å². The number of carbonyl (C=O) groups is 1. The van der Waals surface area contributed by atoms with Crippen molar-refractivity contribution in [1.29, 1.82) is 0 Å². The fourth-order valence-corrected chi connectivity index (χ4v) is 2.86. The predicted octanol–water partition coefficient (Wildman–Crippen LogP) is 4.42. The SMILES string of the molecule is CCCC(NC)C(=O)NCCc1ccc(-c2ccc(C(F)(F)F)cc2)cc1. The lowest BCUT2D eigenvalue weighted by Crippen LogP contribution is -2.43. The average Bonchev–Trinajstić information content (AvgIpc) is 2.66. The van der Waals surface area contributed by atoms with Crippen molar-refractivity contribution in [2.45, 2.75) is 38.4 Å². The lowest BCUT2D eigenvalue weighted by molar-refractivity contribution is -0.137. The molecule has 1 atom stereocenters. The van der Waals surface area contributed by atoms with Crippen molar-refractivity contribution in [2.24, 2.45) is 0 Å². The number of likely N-dealkylation sites (N-methyl/N-ethyl adjacent to an activating group) is 1. The van der Waals surface area contributed by atoms with Crippen LogP contribution in [0.15, 0.2) is 48.5 Å². The fourth-order valence-electron chi connectivity index (χ4n) is 2.86. The summed E-state index contributed by atoms with van der Waals surface area (Å²) in [6.45, 7) is 2.58. The van der Waals surface area contributed by atoms with Gasteiger partial charge in [0.1, 0.15) is 0 Å². The van der Waals surface area contributed by atoms with Crippen LogP contribution in [0.4, 0.5) is 13.2 Å². The van der Waals surface area contributed by atoms with Gasteiger partial charge in [-0.1, -0.05) is 49.7 Å². The van der Waals surface area contributed by atoms with Crippen LogP contribution in [-0.4, -0.2) is 25.5 Å². The molecule has 146 valence electrons. The van der Waals surface area contributed by atoms with E-state index in [2.05, 4.69) is 10.6 Å². The van der Waals surface area contributed by atoms with Gasteiger partial charge in [0.2, 0.25) is 5.91 Å². The maximum absolute atomic E-state index is 12.6. The smallest absolute Gasteiger partial charge is 0.354 e. The number of hydrogen-bond acceptors (Lipinski definition) is 2. The summed E-state index contributed by atoms with van der Waals surface area (Å²) < 4.78 is 37.9. The van der Waals surface area contributed by atoms with Crippen molar-refractivity contribution < 1.29 is 18.0 Å². The molecule has 2 aromatic carbocycles. The monoisotopic (exact) mass is 378 g/mol. The van der Waals surface area contributed by atoms with Gasteiger partial charge in [-0.3, -0.25) is 4.79 Å². The zero-order valence-electron chi connectivity index (χ0n) is 15.6. The Morgan fingerprint density at radius 1 is 1.00 bits per heavy atom. The first-order chi connectivity index (χ1) is 12.8.